The van der Waals surface area contributed by atoms with Crippen LogP contribution in [0.3, 0.4) is 0 Å². The minimum Gasteiger partial charge on any atom is -0.485 e. The van der Waals surface area contributed by atoms with Crippen molar-refractivity contribution in [2.45, 2.75) is 31.9 Å². The molecule has 8 heteroatoms. The van der Waals surface area contributed by atoms with Crippen LogP contribution in [-0.4, -0.2) is 38.2 Å². The fourth-order valence-electron chi connectivity index (χ4n) is 3.42. The summed E-state index contributed by atoms with van der Waals surface area (Å²) < 4.78 is 11.2. The highest BCUT2D eigenvalue weighted by molar-refractivity contribution is 5.92. The van der Waals surface area contributed by atoms with Crippen molar-refractivity contribution in [3.8, 4) is 5.75 Å². The molecule has 0 spiro atoms. The number of benzene rings is 1. The highest BCUT2D eigenvalue weighted by Gasteiger charge is 2.26. The first-order valence-electron chi connectivity index (χ1n) is 9.88. The van der Waals surface area contributed by atoms with Crippen LogP contribution in [0.1, 0.15) is 46.4 Å². The quantitative estimate of drug-likeness (QED) is 0.506. The monoisotopic (exact) mass is 403 g/mol. The lowest BCUT2D eigenvalue weighted by molar-refractivity contribution is 0.0772. The number of aromatic amines is 1. The number of amides is 1. The van der Waals surface area contributed by atoms with Crippen LogP contribution in [0, 0.1) is 0 Å². The van der Waals surface area contributed by atoms with Gasteiger partial charge in [0.1, 0.15) is 12.4 Å². The summed E-state index contributed by atoms with van der Waals surface area (Å²) in [5.74, 6) is 1.56. The van der Waals surface area contributed by atoms with E-state index in [4.69, 9.17) is 9.26 Å². The van der Waals surface area contributed by atoms with E-state index in [0.717, 1.165) is 27.9 Å². The number of carbonyl (C=O) groups is 1. The van der Waals surface area contributed by atoms with Crippen LogP contribution in [-0.2, 0) is 13.2 Å². The molecule has 1 aliphatic carbocycles. The van der Waals surface area contributed by atoms with Crippen LogP contribution in [0.25, 0.3) is 10.8 Å². The zero-order chi connectivity index (χ0) is 20.5. The second-order valence-corrected chi connectivity index (χ2v) is 7.57. The predicted molar refractivity (Wildman–Crippen MR) is 109 cm³/mol. The lowest BCUT2D eigenvalue weighted by Crippen LogP contribution is -2.26. The van der Waals surface area contributed by atoms with E-state index in [0.29, 0.717) is 18.2 Å². The van der Waals surface area contributed by atoms with Gasteiger partial charge in [0.05, 0.1) is 17.9 Å². The zero-order valence-corrected chi connectivity index (χ0v) is 16.5. The molecule has 1 aliphatic rings. The van der Waals surface area contributed by atoms with Crippen molar-refractivity contribution in [1.82, 2.24) is 25.2 Å². The standard InChI is InChI=1S/C22H21N5O3/c1-27(12-16-9-19(25-24-16)14-5-6-14)22(28)20-10-17(30-26-20)13-29-21-4-2-3-15-11-23-8-7-18(15)21/h2-4,7-11,14H,5-6,12-13H2,1H3,(H,24,25). The van der Waals surface area contributed by atoms with Gasteiger partial charge in [-0.15, -0.1) is 0 Å². The number of nitrogens with one attached hydrogen (secondary N) is 1. The molecule has 30 heavy (non-hydrogen) atoms. The van der Waals surface area contributed by atoms with E-state index in [-0.39, 0.29) is 18.2 Å². The summed E-state index contributed by atoms with van der Waals surface area (Å²) in [5.41, 5.74) is 2.24. The first-order chi connectivity index (χ1) is 14.7. The molecule has 3 heterocycles. The zero-order valence-electron chi connectivity index (χ0n) is 16.5. The second kappa shape index (κ2) is 7.62. The summed E-state index contributed by atoms with van der Waals surface area (Å²) in [4.78, 5) is 18.4. The van der Waals surface area contributed by atoms with Gasteiger partial charge in [0, 0.05) is 42.2 Å². The molecule has 0 unspecified atom stereocenters. The van der Waals surface area contributed by atoms with E-state index < -0.39 is 0 Å². The van der Waals surface area contributed by atoms with Crippen LogP contribution in [0.4, 0.5) is 0 Å². The molecule has 152 valence electrons. The summed E-state index contributed by atoms with van der Waals surface area (Å²) in [5, 5.41) is 13.2. The van der Waals surface area contributed by atoms with Crippen molar-refractivity contribution in [3.05, 3.63) is 71.6 Å². The number of ether oxygens (including phenoxy) is 1. The summed E-state index contributed by atoms with van der Waals surface area (Å²) in [6.07, 6.45) is 5.90. The van der Waals surface area contributed by atoms with Crippen LogP contribution < -0.4 is 4.74 Å². The predicted octanol–water partition coefficient (Wildman–Crippen LogP) is 3.67. The Kier molecular flexibility index (Phi) is 4.66. The number of hydrogen-bond donors (Lipinski definition) is 1. The van der Waals surface area contributed by atoms with Crippen molar-refractivity contribution < 1.29 is 14.1 Å². The Morgan fingerprint density at radius 1 is 1.30 bits per heavy atom. The van der Waals surface area contributed by atoms with Gasteiger partial charge in [0.2, 0.25) is 0 Å². The summed E-state index contributed by atoms with van der Waals surface area (Å²) in [6.45, 7) is 0.609. The first kappa shape index (κ1) is 18.4. The van der Waals surface area contributed by atoms with E-state index in [1.165, 1.54) is 12.8 Å². The molecule has 5 rings (SSSR count). The molecular weight excluding hydrogens is 382 g/mol. The molecule has 8 nitrogen and oxygen atoms in total. The molecule has 1 aromatic carbocycles. The minimum absolute atomic E-state index is 0.177. The second-order valence-electron chi connectivity index (χ2n) is 7.57. The Morgan fingerprint density at radius 2 is 2.20 bits per heavy atom. The molecule has 0 saturated heterocycles. The lowest BCUT2D eigenvalue weighted by atomic mass is 10.1. The van der Waals surface area contributed by atoms with Gasteiger partial charge < -0.3 is 14.2 Å². The maximum absolute atomic E-state index is 12.7. The smallest absolute Gasteiger partial charge is 0.276 e. The number of H-pyrrole nitrogens is 1. The highest BCUT2D eigenvalue weighted by atomic mass is 16.5. The van der Waals surface area contributed by atoms with Crippen LogP contribution in [0.5, 0.6) is 5.75 Å². The average Bonchev–Trinajstić information content (AvgIpc) is 3.33. The maximum atomic E-state index is 12.7. The minimum atomic E-state index is -0.219. The Hall–Kier alpha value is -3.68. The third-order valence-corrected chi connectivity index (χ3v) is 5.19. The molecule has 1 amide bonds. The Labute approximate surface area is 172 Å². The topological polar surface area (TPSA) is 97.1 Å². The fourth-order valence-corrected chi connectivity index (χ4v) is 3.42. The van der Waals surface area contributed by atoms with Gasteiger partial charge in [0.25, 0.3) is 5.91 Å². The Balaban J connectivity index is 1.22. The van der Waals surface area contributed by atoms with Gasteiger partial charge in [-0.05, 0) is 31.0 Å². The first-order valence-corrected chi connectivity index (χ1v) is 9.88. The fraction of sp³-hybridized carbons (Fsp3) is 0.273. The van der Waals surface area contributed by atoms with E-state index >= 15 is 0 Å². The highest BCUT2D eigenvalue weighted by Crippen LogP contribution is 2.39. The average molecular weight is 403 g/mol. The number of pyridine rings is 1. The Morgan fingerprint density at radius 3 is 3.07 bits per heavy atom. The van der Waals surface area contributed by atoms with Gasteiger partial charge >= 0.3 is 0 Å². The van der Waals surface area contributed by atoms with Gasteiger partial charge in [-0.25, -0.2) is 0 Å². The lowest BCUT2D eigenvalue weighted by Gasteiger charge is -2.13. The molecule has 1 fully saturated rings. The number of hydrogen-bond acceptors (Lipinski definition) is 6. The van der Waals surface area contributed by atoms with Crippen LogP contribution in [0.15, 0.2) is 53.3 Å². The maximum Gasteiger partial charge on any atom is 0.276 e. The number of aromatic nitrogens is 4. The third kappa shape index (κ3) is 3.76. The van der Waals surface area contributed by atoms with E-state index in [2.05, 4.69) is 20.3 Å². The molecule has 3 aromatic heterocycles. The Bertz CT molecular complexity index is 1190. The van der Waals surface area contributed by atoms with E-state index in [1.807, 2.05) is 30.3 Å². The molecular formula is C22H21N5O3. The SMILES string of the molecule is CN(Cc1cc(C2CC2)n[nH]1)C(=O)c1cc(COc2cccc3cnccc23)on1. The molecule has 1 saturated carbocycles. The molecule has 0 aliphatic heterocycles. The third-order valence-electron chi connectivity index (χ3n) is 5.19. The molecule has 0 radical (unpaired) electrons. The molecule has 0 bridgehead atoms. The number of fused-ring (bicyclic) bond motifs is 1. The van der Waals surface area contributed by atoms with Crippen molar-refractivity contribution in [2.75, 3.05) is 7.05 Å². The van der Waals surface area contributed by atoms with Crippen LogP contribution in [0.2, 0.25) is 0 Å². The van der Waals surface area contributed by atoms with Crippen molar-refractivity contribution in [2.24, 2.45) is 0 Å². The van der Waals surface area contributed by atoms with Gasteiger partial charge in [-0.2, -0.15) is 5.10 Å². The number of carbonyl (C=O) groups excluding carboxylic acids is 1. The van der Waals surface area contributed by atoms with Crippen molar-refractivity contribution in [1.29, 1.82) is 0 Å². The summed E-state index contributed by atoms with van der Waals surface area (Å²) in [7, 11) is 1.73. The molecule has 0 atom stereocenters. The summed E-state index contributed by atoms with van der Waals surface area (Å²) in [6, 6.07) is 11.3. The van der Waals surface area contributed by atoms with E-state index in [9.17, 15) is 4.79 Å². The molecule has 1 N–H and O–H groups in total. The van der Waals surface area contributed by atoms with Gasteiger partial charge in [0.15, 0.2) is 11.5 Å². The molecule has 4 aromatic rings. The normalized spacial score (nSPS) is 13.5. The largest absolute Gasteiger partial charge is 0.485 e. The number of rotatable bonds is 7. The number of nitrogens with zero attached hydrogens (tertiary/aromatic N) is 4. The van der Waals surface area contributed by atoms with Crippen LogP contribution >= 0.6 is 0 Å². The van der Waals surface area contributed by atoms with Gasteiger partial charge in [-0.1, -0.05) is 17.3 Å². The van der Waals surface area contributed by atoms with E-state index in [1.54, 1.807) is 30.4 Å². The van der Waals surface area contributed by atoms with Crippen molar-refractivity contribution >= 4 is 16.7 Å². The van der Waals surface area contributed by atoms with Gasteiger partial charge in [-0.3, -0.25) is 14.9 Å². The van der Waals surface area contributed by atoms with Crippen molar-refractivity contribution in [3.63, 3.8) is 0 Å². The summed E-state index contributed by atoms with van der Waals surface area (Å²) >= 11 is 0.